The van der Waals surface area contributed by atoms with Crippen LogP contribution >= 0.6 is 11.8 Å². The number of amides is 1. The SMILES string of the molecule is CNC(=O)c1ccc(SC(C)(C)C2CC(=O)C(C)CC2=O)cc1. The maximum atomic E-state index is 12.4. The number of hydrogen-bond acceptors (Lipinski definition) is 4. The lowest BCUT2D eigenvalue weighted by Gasteiger charge is -2.36. The van der Waals surface area contributed by atoms with Crippen molar-refractivity contribution in [1.82, 2.24) is 5.32 Å². The fourth-order valence-electron chi connectivity index (χ4n) is 2.90. The monoisotopic (exact) mass is 333 g/mol. The largest absolute Gasteiger partial charge is 0.355 e. The molecule has 0 aliphatic heterocycles. The normalized spacial score (nSPS) is 22.1. The molecule has 5 heteroatoms. The smallest absolute Gasteiger partial charge is 0.251 e. The number of benzene rings is 1. The predicted octanol–water partition coefficient (Wildman–Crippen LogP) is 3.10. The minimum Gasteiger partial charge on any atom is -0.355 e. The first-order chi connectivity index (χ1) is 10.7. The molecule has 1 fully saturated rings. The van der Waals surface area contributed by atoms with Crippen LogP contribution in [0.4, 0.5) is 0 Å². The zero-order valence-electron chi connectivity index (χ0n) is 14.0. The summed E-state index contributed by atoms with van der Waals surface area (Å²) in [5.74, 6) is -0.168. The lowest BCUT2D eigenvalue weighted by Crippen LogP contribution is -2.41. The number of carbonyl (C=O) groups is 3. The van der Waals surface area contributed by atoms with Crippen LogP contribution in [0.5, 0.6) is 0 Å². The molecule has 0 aromatic heterocycles. The zero-order valence-corrected chi connectivity index (χ0v) is 14.8. The Hall–Kier alpha value is -1.62. The Morgan fingerprint density at radius 3 is 2.30 bits per heavy atom. The van der Waals surface area contributed by atoms with Crippen LogP contribution in [-0.2, 0) is 9.59 Å². The Kier molecular flexibility index (Phi) is 5.30. The molecule has 1 aromatic carbocycles. The molecule has 0 spiro atoms. The van der Waals surface area contributed by atoms with Crippen molar-refractivity contribution >= 4 is 29.2 Å². The van der Waals surface area contributed by atoms with E-state index >= 15 is 0 Å². The number of ketones is 2. The number of rotatable bonds is 4. The Morgan fingerprint density at radius 1 is 1.13 bits per heavy atom. The summed E-state index contributed by atoms with van der Waals surface area (Å²) in [6, 6.07) is 7.31. The first-order valence-corrected chi connectivity index (χ1v) is 8.63. The van der Waals surface area contributed by atoms with Crippen LogP contribution < -0.4 is 5.32 Å². The predicted molar refractivity (Wildman–Crippen MR) is 91.7 cm³/mol. The van der Waals surface area contributed by atoms with Gasteiger partial charge in [0.05, 0.1) is 0 Å². The van der Waals surface area contributed by atoms with Crippen LogP contribution in [0.2, 0.25) is 0 Å². The highest BCUT2D eigenvalue weighted by molar-refractivity contribution is 8.00. The van der Waals surface area contributed by atoms with Gasteiger partial charge >= 0.3 is 0 Å². The molecule has 0 saturated heterocycles. The van der Waals surface area contributed by atoms with Crippen LogP contribution in [-0.4, -0.2) is 29.3 Å². The molecule has 2 atom stereocenters. The van der Waals surface area contributed by atoms with Gasteiger partial charge in [-0.2, -0.15) is 0 Å². The van der Waals surface area contributed by atoms with Crippen molar-refractivity contribution in [3.8, 4) is 0 Å². The second kappa shape index (κ2) is 6.87. The Labute approximate surface area is 141 Å². The molecule has 1 N–H and O–H groups in total. The lowest BCUT2D eigenvalue weighted by atomic mass is 9.75. The average molecular weight is 333 g/mol. The highest BCUT2D eigenvalue weighted by Gasteiger charge is 2.42. The Bertz CT molecular complexity index is 622. The molecule has 124 valence electrons. The summed E-state index contributed by atoms with van der Waals surface area (Å²) < 4.78 is -0.360. The highest BCUT2D eigenvalue weighted by atomic mass is 32.2. The molecular formula is C18H23NO3S. The van der Waals surface area contributed by atoms with Gasteiger partial charge in [-0.05, 0) is 38.1 Å². The molecular weight excluding hydrogens is 310 g/mol. The van der Waals surface area contributed by atoms with E-state index in [4.69, 9.17) is 0 Å². The topological polar surface area (TPSA) is 63.2 Å². The van der Waals surface area contributed by atoms with Crippen LogP contribution in [0.3, 0.4) is 0 Å². The van der Waals surface area contributed by atoms with E-state index in [9.17, 15) is 14.4 Å². The third kappa shape index (κ3) is 4.02. The summed E-state index contributed by atoms with van der Waals surface area (Å²) in [6.07, 6.45) is 0.680. The van der Waals surface area contributed by atoms with Gasteiger partial charge in [0.15, 0.2) is 0 Å². The van der Waals surface area contributed by atoms with Gasteiger partial charge in [-0.25, -0.2) is 0 Å². The van der Waals surface area contributed by atoms with E-state index in [-0.39, 0.29) is 34.1 Å². The van der Waals surface area contributed by atoms with Gasteiger partial charge in [-0.1, -0.05) is 6.92 Å². The molecule has 4 nitrogen and oxygen atoms in total. The summed E-state index contributed by atoms with van der Waals surface area (Å²) in [5, 5.41) is 2.59. The van der Waals surface area contributed by atoms with Crippen molar-refractivity contribution in [2.24, 2.45) is 11.8 Å². The number of hydrogen-bond donors (Lipinski definition) is 1. The van der Waals surface area contributed by atoms with Crippen molar-refractivity contribution in [3.63, 3.8) is 0 Å². The second-order valence-corrected chi connectivity index (χ2v) is 8.33. The molecule has 1 amide bonds. The summed E-state index contributed by atoms with van der Waals surface area (Å²) in [4.78, 5) is 36.9. The summed E-state index contributed by atoms with van der Waals surface area (Å²) in [5.41, 5.74) is 0.604. The quantitative estimate of drug-likeness (QED) is 0.860. The van der Waals surface area contributed by atoms with Gasteiger partial charge in [-0.15, -0.1) is 11.8 Å². The van der Waals surface area contributed by atoms with Crippen molar-refractivity contribution < 1.29 is 14.4 Å². The first kappa shape index (κ1) is 17.7. The number of thioether (sulfide) groups is 1. The molecule has 1 aromatic rings. The van der Waals surface area contributed by atoms with Gasteiger partial charge in [0, 0.05) is 46.9 Å². The third-order valence-electron chi connectivity index (χ3n) is 4.41. The molecule has 0 heterocycles. The molecule has 1 aliphatic rings. The fourth-order valence-corrected chi connectivity index (χ4v) is 4.14. The van der Waals surface area contributed by atoms with Crippen molar-refractivity contribution in [1.29, 1.82) is 0 Å². The Balaban J connectivity index is 2.12. The van der Waals surface area contributed by atoms with Gasteiger partial charge in [0.2, 0.25) is 0 Å². The van der Waals surface area contributed by atoms with Gasteiger partial charge in [0.1, 0.15) is 11.6 Å². The molecule has 2 unspecified atom stereocenters. The summed E-state index contributed by atoms with van der Waals surface area (Å²) in [7, 11) is 1.60. The zero-order chi connectivity index (χ0) is 17.2. The molecule has 1 aliphatic carbocycles. The molecule has 1 saturated carbocycles. The maximum Gasteiger partial charge on any atom is 0.251 e. The molecule has 0 radical (unpaired) electrons. The minimum absolute atomic E-state index is 0.122. The number of carbonyl (C=O) groups excluding carboxylic acids is 3. The van der Waals surface area contributed by atoms with E-state index in [2.05, 4.69) is 5.32 Å². The standard InChI is InChI=1S/C18H23NO3S/c1-11-9-16(21)14(10-15(11)20)18(2,3)23-13-7-5-12(6-8-13)17(22)19-4/h5-8,11,14H,9-10H2,1-4H3,(H,19,22). The van der Waals surface area contributed by atoms with E-state index in [1.807, 2.05) is 32.9 Å². The van der Waals surface area contributed by atoms with Crippen LogP contribution in [0.15, 0.2) is 29.2 Å². The lowest BCUT2D eigenvalue weighted by molar-refractivity contribution is -0.137. The highest BCUT2D eigenvalue weighted by Crippen LogP contribution is 2.43. The fraction of sp³-hybridized carbons (Fsp3) is 0.500. The number of nitrogens with one attached hydrogen (secondary N) is 1. The minimum atomic E-state index is -0.360. The molecule has 2 rings (SSSR count). The van der Waals surface area contributed by atoms with Crippen LogP contribution in [0.1, 0.15) is 44.0 Å². The number of Topliss-reactive ketones (excluding diaryl/α,β-unsaturated/α-hetero) is 2. The Morgan fingerprint density at radius 2 is 1.74 bits per heavy atom. The molecule has 0 bridgehead atoms. The van der Waals surface area contributed by atoms with Gasteiger partial charge in [0.25, 0.3) is 5.91 Å². The maximum absolute atomic E-state index is 12.4. The summed E-state index contributed by atoms with van der Waals surface area (Å²) >= 11 is 1.58. The molecule has 23 heavy (non-hydrogen) atoms. The van der Waals surface area contributed by atoms with E-state index in [0.29, 0.717) is 18.4 Å². The first-order valence-electron chi connectivity index (χ1n) is 7.81. The van der Waals surface area contributed by atoms with Gasteiger partial charge in [-0.3, -0.25) is 14.4 Å². The second-order valence-electron chi connectivity index (χ2n) is 6.60. The van der Waals surface area contributed by atoms with Crippen molar-refractivity contribution in [3.05, 3.63) is 29.8 Å². The van der Waals surface area contributed by atoms with E-state index in [1.165, 1.54) is 0 Å². The van der Waals surface area contributed by atoms with E-state index < -0.39 is 0 Å². The van der Waals surface area contributed by atoms with E-state index in [0.717, 1.165) is 4.90 Å². The van der Waals surface area contributed by atoms with Crippen molar-refractivity contribution in [2.45, 2.75) is 43.3 Å². The van der Waals surface area contributed by atoms with E-state index in [1.54, 1.807) is 30.9 Å². The van der Waals surface area contributed by atoms with Gasteiger partial charge < -0.3 is 5.32 Å². The summed E-state index contributed by atoms with van der Waals surface area (Å²) in [6.45, 7) is 5.85. The van der Waals surface area contributed by atoms with Crippen LogP contribution in [0, 0.1) is 11.8 Å². The average Bonchev–Trinajstić information content (AvgIpc) is 2.50. The van der Waals surface area contributed by atoms with Crippen molar-refractivity contribution in [2.75, 3.05) is 7.05 Å². The van der Waals surface area contributed by atoms with Crippen LogP contribution in [0.25, 0.3) is 0 Å². The third-order valence-corrected chi connectivity index (χ3v) is 5.73.